The second kappa shape index (κ2) is 48.4. The van der Waals surface area contributed by atoms with Crippen molar-refractivity contribution in [1.82, 2.24) is 5.32 Å². The van der Waals surface area contributed by atoms with Crippen molar-refractivity contribution in [1.29, 1.82) is 0 Å². The third-order valence-corrected chi connectivity index (χ3v) is 12.5. The van der Waals surface area contributed by atoms with Gasteiger partial charge >= 0.3 is 0 Å². The molecule has 0 aliphatic carbocycles. The molecule has 0 aliphatic heterocycles. The normalized spacial score (nSPS) is 14.8. The fraction of sp³-hybridized carbons (Fsp3) is 0.707. The third kappa shape index (κ3) is 51.1. The number of hydrogen-bond acceptors (Lipinski definition) is 6. The number of allylic oxidation sites excluding steroid dienone is 15. The van der Waals surface area contributed by atoms with Crippen LogP contribution in [-0.4, -0.2) is 68.5 Å². The van der Waals surface area contributed by atoms with Crippen LogP contribution < -0.4 is 10.2 Å². The maximum absolute atomic E-state index is 12.9. The van der Waals surface area contributed by atoms with E-state index in [2.05, 4.69) is 104 Å². The van der Waals surface area contributed by atoms with Crippen LogP contribution in [0.5, 0.6) is 0 Å². The van der Waals surface area contributed by atoms with Gasteiger partial charge in [0, 0.05) is 6.42 Å². The van der Waals surface area contributed by atoms with E-state index in [-0.39, 0.29) is 19.1 Å². The summed E-state index contributed by atoms with van der Waals surface area (Å²) in [4.78, 5) is 25.4. The van der Waals surface area contributed by atoms with E-state index in [0.717, 1.165) is 89.9 Å². The second-order valence-electron chi connectivity index (χ2n) is 19.2. The number of amides is 1. The van der Waals surface area contributed by atoms with Crippen LogP contribution in [0.25, 0.3) is 0 Å². The Morgan fingerprint density at radius 2 is 0.910 bits per heavy atom. The first kappa shape index (κ1) is 64.4. The fourth-order valence-corrected chi connectivity index (χ4v) is 8.03. The number of unbranched alkanes of at least 4 members (excludes halogenated alkanes) is 21. The summed E-state index contributed by atoms with van der Waals surface area (Å²) in [6, 6.07) is -0.895. The number of nitrogens with one attached hydrogen (secondary N) is 1. The molecule has 2 N–H and O–H groups in total. The van der Waals surface area contributed by atoms with Crippen molar-refractivity contribution in [2.75, 3.05) is 40.9 Å². The summed E-state index contributed by atoms with van der Waals surface area (Å²) in [5.74, 6) is -0.208. The van der Waals surface area contributed by atoms with Crippen LogP contribution in [0, 0.1) is 0 Å². The Balaban J connectivity index is 4.22. The van der Waals surface area contributed by atoms with E-state index >= 15 is 0 Å². The fourth-order valence-electron chi connectivity index (χ4n) is 7.31. The Bertz CT molecular complexity index is 1410. The van der Waals surface area contributed by atoms with Crippen LogP contribution >= 0.6 is 7.82 Å². The van der Waals surface area contributed by atoms with Crippen LogP contribution in [-0.2, 0) is 18.4 Å². The summed E-state index contributed by atoms with van der Waals surface area (Å²) in [5, 5.41) is 13.8. The number of quaternary nitrogens is 1. The quantitative estimate of drug-likeness (QED) is 0.0272. The third-order valence-electron chi connectivity index (χ3n) is 11.5. The van der Waals surface area contributed by atoms with Crippen LogP contribution in [0.15, 0.2) is 97.2 Å². The molecule has 67 heavy (non-hydrogen) atoms. The number of likely N-dealkylation sites (N-methyl/N-ethyl adjacent to an activating group) is 1. The van der Waals surface area contributed by atoms with Crippen molar-refractivity contribution in [3.05, 3.63) is 97.2 Å². The summed E-state index contributed by atoms with van der Waals surface area (Å²) < 4.78 is 23.3. The maximum Gasteiger partial charge on any atom is 0.268 e. The van der Waals surface area contributed by atoms with Gasteiger partial charge in [0.15, 0.2) is 0 Å². The van der Waals surface area contributed by atoms with Crippen LogP contribution in [0.2, 0.25) is 0 Å². The SMILES string of the molecule is CC/C=C\C/C=C\C/C=C\C/C=C\C/C=C\C/C=C\C/C=C\CCCCCCCCCCCC(=O)NC(COP(=O)([O-])OCC[N+](C)(C)C)C(O)/C=C/CCCCCCCCCCCCCC. The van der Waals surface area contributed by atoms with E-state index in [4.69, 9.17) is 9.05 Å². The van der Waals surface area contributed by atoms with Crippen molar-refractivity contribution in [2.24, 2.45) is 0 Å². The smallest absolute Gasteiger partial charge is 0.268 e. The first-order chi connectivity index (χ1) is 32.5. The molecule has 0 bridgehead atoms. The molecule has 0 fully saturated rings. The molecule has 0 saturated carbocycles. The summed E-state index contributed by atoms with van der Waals surface area (Å²) in [5.41, 5.74) is 0. The zero-order valence-corrected chi connectivity index (χ0v) is 44.7. The van der Waals surface area contributed by atoms with Gasteiger partial charge in [-0.05, 0) is 77.0 Å². The Labute approximate surface area is 413 Å². The molecule has 0 rings (SSSR count). The van der Waals surface area contributed by atoms with Crippen molar-refractivity contribution in [3.8, 4) is 0 Å². The molecule has 9 heteroatoms. The zero-order valence-electron chi connectivity index (χ0n) is 43.8. The molecule has 386 valence electrons. The molecule has 0 aromatic rings. The van der Waals surface area contributed by atoms with Gasteiger partial charge in [-0.2, -0.15) is 0 Å². The molecule has 3 unspecified atom stereocenters. The highest BCUT2D eigenvalue weighted by molar-refractivity contribution is 7.45. The van der Waals surface area contributed by atoms with Crippen LogP contribution in [0.3, 0.4) is 0 Å². The van der Waals surface area contributed by atoms with Crippen molar-refractivity contribution >= 4 is 13.7 Å². The number of phosphoric ester groups is 1. The maximum atomic E-state index is 12.9. The Hall–Kier alpha value is -2.58. The number of aliphatic hydroxyl groups is 1. The zero-order chi connectivity index (χ0) is 49.2. The van der Waals surface area contributed by atoms with Gasteiger partial charge < -0.3 is 28.8 Å². The predicted octanol–water partition coefficient (Wildman–Crippen LogP) is 15.6. The van der Waals surface area contributed by atoms with Gasteiger partial charge in [0.2, 0.25) is 5.91 Å². The van der Waals surface area contributed by atoms with Gasteiger partial charge in [-0.1, -0.05) is 227 Å². The van der Waals surface area contributed by atoms with Crippen LogP contribution in [0.1, 0.15) is 213 Å². The highest BCUT2D eigenvalue weighted by Gasteiger charge is 2.23. The van der Waals surface area contributed by atoms with Crippen molar-refractivity contribution < 1.29 is 32.9 Å². The molecular weight excluding hydrogens is 852 g/mol. The highest BCUT2D eigenvalue weighted by atomic mass is 31.2. The van der Waals surface area contributed by atoms with E-state index in [1.54, 1.807) is 6.08 Å². The Morgan fingerprint density at radius 3 is 1.33 bits per heavy atom. The first-order valence-corrected chi connectivity index (χ1v) is 28.6. The molecule has 0 saturated heterocycles. The number of hydrogen-bond donors (Lipinski definition) is 2. The molecule has 0 aromatic heterocycles. The number of rotatable bonds is 48. The second-order valence-corrected chi connectivity index (χ2v) is 20.6. The monoisotopic (exact) mass is 955 g/mol. The largest absolute Gasteiger partial charge is 0.756 e. The minimum Gasteiger partial charge on any atom is -0.756 e. The molecule has 0 aromatic carbocycles. The van der Waals surface area contributed by atoms with Gasteiger partial charge in [-0.3, -0.25) is 9.36 Å². The average molecular weight is 955 g/mol. The lowest BCUT2D eigenvalue weighted by Gasteiger charge is -2.29. The van der Waals surface area contributed by atoms with E-state index < -0.39 is 20.0 Å². The van der Waals surface area contributed by atoms with Gasteiger partial charge in [0.05, 0.1) is 39.9 Å². The highest BCUT2D eigenvalue weighted by Crippen LogP contribution is 2.38. The number of aliphatic hydroxyl groups excluding tert-OH is 1. The van der Waals surface area contributed by atoms with E-state index in [1.807, 2.05) is 27.2 Å². The summed E-state index contributed by atoms with van der Waals surface area (Å²) in [7, 11) is 1.24. The number of carbonyl (C=O) groups excluding carboxylic acids is 1. The minimum absolute atomic E-state index is 0.00670. The standard InChI is InChI=1S/C58H103N2O6P/c1-6-8-10-12-14-16-18-20-22-23-24-25-26-27-28-29-30-31-32-33-34-35-36-37-38-40-42-44-46-48-50-52-58(62)59-56(55-66-67(63,64)65-54-53-60(3,4)5)57(61)51-49-47-45-43-41-39-21-19-17-15-13-11-9-7-2/h8,10,14,16,20,22,24-25,27-28,30-31,33-34,49,51,56-57,61H,6-7,9,11-13,15,17-19,21,23,26,29,32,35-48,50,52-55H2,1-5H3,(H-,59,62,63,64)/b10-8-,16-14-,22-20-,25-24-,28-27-,31-30-,34-33-,51-49+. The lowest BCUT2D eigenvalue weighted by molar-refractivity contribution is -0.870. The van der Waals surface area contributed by atoms with Crippen molar-refractivity contribution in [2.45, 2.75) is 225 Å². The summed E-state index contributed by atoms with van der Waals surface area (Å²) >= 11 is 0. The Kier molecular flexibility index (Phi) is 46.6. The summed E-state index contributed by atoms with van der Waals surface area (Å²) in [6.07, 6.45) is 68.9. The average Bonchev–Trinajstić information content (AvgIpc) is 3.29. The molecule has 0 radical (unpaired) electrons. The topological polar surface area (TPSA) is 108 Å². The lowest BCUT2D eigenvalue weighted by atomic mass is 10.0. The molecule has 0 aliphatic rings. The number of nitrogens with zero attached hydrogens (tertiary/aromatic N) is 1. The van der Waals surface area contributed by atoms with Gasteiger partial charge in [0.1, 0.15) is 13.2 Å². The minimum atomic E-state index is -4.60. The predicted molar refractivity (Wildman–Crippen MR) is 288 cm³/mol. The van der Waals surface area contributed by atoms with E-state index in [9.17, 15) is 19.4 Å². The van der Waals surface area contributed by atoms with E-state index in [1.165, 1.54) is 103 Å². The van der Waals surface area contributed by atoms with E-state index in [0.29, 0.717) is 17.4 Å². The van der Waals surface area contributed by atoms with Crippen LogP contribution in [0.4, 0.5) is 0 Å². The molecule has 1 amide bonds. The molecule has 0 heterocycles. The van der Waals surface area contributed by atoms with Gasteiger partial charge in [-0.15, -0.1) is 0 Å². The first-order valence-electron chi connectivity index (χ1n) is 27.1. The molecule has 8 nitrogen and oxygen atoms in total. The van der Waals surface area contributed by atoms with Crippen molar-refractivity contribution in [3.63, 3.8) is 0 Å². The lowest BCUT2D eigenvalue weighted by Crippen LogP contribution is -2.45. The molecule has 0 spiro atoms. The molecule has 3 atom stereocenters. The number of carbonyl (C=O) groups is 1. The molecular formula is C58H103N2O6P. The Morgan fingerprint density at radius 1 is 0.537 bits per heavy atom. The van der Waals surface area contributed by atoms with Gasteiger partial charge in [-0.25, -0.2) is 0 Å². The number of phosphoric acid groups is 1. The summed E-state index contributed by atoms with van der Waals surface area (Å²) in [6.45, 7) is 4.52. The van der Waals surface area contributed by atoms with Gasteiger partial charge in [0.25, 0.3) is 7.82 Å².